The van der Waals surface area contributed by atoms with Gasteiger partial charge in [-0.1, -0.05) is 29.3 Å². The molecule has 0 aliphatic rings. The van der Waals surface area contributed by atoms with E-state index in [4.69, 9.17) is 32.7 Å². The number of sulfonamides is 1. The van der Waals surface area contributed by atoms with Crippen molar-refractivity contribution in [2.75, 3.05) is 43.6 Å². The summed E-state index contributed by atoms with van der Waals surface area (Å²) in [7, 11) is -0.805. The zero-order valence-corrected chi connectivity index (χ0v) is 20.5. The van der Waals surface area contributed by atoms with Gasteiger partial charge in [-0.2, -0.15) is 11.8 Å². The number of ether oxygens (including phenoxy) is 2. The second-order valence-corrected chi connectivity index (χ2v) is 10.3. The zero-order valence-electron chi connectivity index (χ0n) is 17.4. The van der Waals surface area contributed by atoms with Crippen molar-refractivity contribution in [3.05, 3.63) is 52.0 Å². The van der Waals surface area contributed by atoms with Gasteiger partial charge in [-0.3, -0.25) is 9.10 Å². The first kappa shape index (κ1) is 25.5. The number of hydrogen-bond acceptors (Lipinski definition) is 6. The highest BCUT2D eigenvalue weighted by Gasteiger charge is 2.24. The molecule has 2 aromatic rings. The maximum atomic E-state index is 12.4. The molecule has 0 saturated heterocycles. The summed E-state index contributed by atoms with van der Waals surface area (Å²) < 4.78 is 36.0. The van der Waals surface area contributed by atoms with Gasteiger partial charge in [-0.05, 0) is 29.8 Å². The maximum absolute atomic E-state index is 12.4. The smallest absolute Gasteiger partial charge is 0.240 e. The minimum absolute atomic E-state index is 0.259. The van der Waals surface area contributed by atoms with Crippen LogP contribution in [0.2, 0.25) is 10.0 Å². The molecular formula is C20H24Cl2N2O5S2. The SMILES string of the molecule is COc1ccc(N(CC(=O)NCCSCc2ccc(Cl)c(Cl)c2)S(C)(=O)=O)c(OC)c1. The summed E-state index contributed by atoms with van der Waals surface area (Å²) in [4.78, 5) is 12.4. The second-order valence-electron chi connectivity index (χ2n) is 6.46. The van der Waals surface area contributed by atoms with Crippen LogP contribution in [0.25, 0.3) is 0 Å². The van der Waals surface area contributed by atoms with Crippen molar-refractivity contribution >= 4 is 56.6 Å². The van der Waals surface area contributed by atoms with E-state index in [0.29, 0.717) is 33.8 Å². The second kappa shape index (κ2) is 11.7. The molecule has 0 heterocycles. The number of benzene rings is 2. The van der Waals surface area contributed by atoms with Crippen molar-refractivity contribution in [3.8, 4) is 11.5 Å². The van der Waals surface area contributed by atoms with E-state index in [2.05, 4.69) is 5.32 Å². The Morgan fingerprint density at radius 1 is 1.10 bits per heavy atom. The van der Waals surface area contributed by atoms with Gasteiger partial charge < -0.3 is 14.8 Å². The van der Waals surface area contributed by atoms with Crippen LogP contribution < -0.4 is 19.1 Å². The van der Waals surface area contributed by atoms with Gasteiger partial charge in [0.15, 0.2) is 0 Å². The largest absolute Gasteiger partial charge is 0.497 e. The molecule has 2 rings (SSSR count). The quantitative estimate of drug-likeness (QED) is 0.466. The molecule has 1 amide bonds. The molecule has 0 aromatic heterocycles. The highest BCUT2D eigenvalue weighted by Crippen LogP contribution is 2.33. The molecule has 0 fully saturated rings. The predicted octanol–water partition coefficient (Wildman–Crippen LogP) is 3.83. The van der Waals surface area contributed by atoms with E-state index >= 15 is 0 Å². The summed E-state index contributed by atoms with van der Waals surface area (Å²) in [6.45, 7) is 0.0289. The molecular weight excluding hydrogens is 483 g/mol. The molecule has 0 aliphatic heterocycles. The Labute approximate surface area is 197 Å². The highest BCUT2D eigenvalue weighted by atomic mass is 35.5. The van der Waals surface area contributed by atoms with Crippen molar-refractivity contribution in [3.63, 3.8) is 0 Å². The van der Waals surface area contributed by atoms with Crippen LogP contribution in [0.1, 0.15) is 5.56 Å². The molecule has 0 aliphatic carbocycles. The fourth-order valence-corrected chi connectivity index (χ4v) is 4.63. The molecule has 0 unspecified atom stereocenters. The van der Waals surface area contributed by atoms with Gasteiger partial charge in [0.1, 0.15) is 18.0 Å². The summed E-state index contributed by atoms with van der Waals surface area (Å²) in [5.41, 5.74) is 1.29. The fraction of sp³-hybridized carbons (Fsp3) is 0.350. The van der Waals surface area contributed by atoms with Gasteiger partial charge in [0, 0.05) is 24.1 Å². The maximum Gasteiger partial charge on any atom is 0.240 e. The van der Waals surface area contributed by atoms with Crippen LogP contribution >= 0.6 is 35.0 Å². The Morgan fingerprint density at radius 2 is 1.84 bits per heavy atom. The van der Waals surface area contributed by atoms with Gasteiger partial charge in [0.2, 0.25) is 15.9 Å². The van der Waals surface area contributed by atoms with Gasteiger partial charge in [0.05, 0.1) is 36.2 Å². The number of carbonyl (C=O) groups is 1. The Hall–Kier alpha value is -1.81. The molecule has 0 saturated carbocycles. The van der Waals surface area contributed by atoms with E-state index in [1.165, 1.54) is 14.2 Å². The lowest BCUT2D eigenvalue weighted by Gasteiger charge is -2.24. The first-order chi connectivity index (χ1) is 14.7. The van der Waals surface area contributed by atoms with Crippen molar-refractivity contribution in [1.82, 2.24) is 5.32 Å². The normalized spacial score (nSPS) is 11.1. The van der Waals surface area contributed by atoms with E-state index in [-0.39, 0.29) is 18.0 Å². The lowest BCUT2D eigenvalue weighted by molar-refractivity contribution is -0.119. The molecule has 2 aromatic carbocycles. The first-order valence-electron chi connectivity index (χ1n) is 9.13. The molecule has 31 heavy (non-hydrogen) atoms. The van der Waals surface area contributed by atoms with E-state index in [1.807, 2.05) is 12.1 Å². The van der Waals surface area contributed by atoms with Crippen LogP contribution in [-0.4, -0.2) is 53.6 Å². The summed E-state index contributed by atoms with van der Waals surface area (Å²) in [6, 6.07) is 10.2. The van der Waals surface area contributed by atoms with Gasteiger partial charge >= 0.3 is 0 Å². The minimum atomic E-state index is -3.72. The summed E-state index contributed by atoms with van der Waals surface area (Å²) in [5.74, 6) is 1.74. The molecule has 11 heteroatoms. The van der Waals surface area contributed by atoms with E-state index < -0.39 is 15.9 Å². The molecule has 7 nitrogen and oxygen atoms in total. The number of thioether (sulfide) groups is 1. The van der Waals surface area contributed by atoms with Gasteiger partial charge in [-0.15, -0.1) is 0 Å². The molecule has 1 N–H and O–H groups in total. The lowest BCUT2D eigenvalue weighted by Crippen LogP contribution is -2.41. The number of nitrogens with zero attached hydrogens (tertiary/aromatic N) is 1. The number of rotatable bonds is 11. The molecule has 0 atom stereocenters. The predicted molar refractivity (Wildman–Crippen MR) is 127 cm³/mol. The Bertz CT molecular complexity index is 1020. The fourth-order valence-electron chi connectivity index (χ4n) is 2.64. The number of nitrogens with one attached hydrogen (secondary N) is 1. The Morgan fingerprint density at radius 3 is 2.45 bits per heavy atom. The average molecular weight is 507 g/mol. The van der Waals surface area contributed by atoms with Crippen LogP contribution in [0.4, 0.5) is 5.69 Å². The number of methoxy groups -OCH3 is 2. The van der Waals surface area contributed by atoms with Crippen LogP contribution in [0.5, 0.6) is 11.5 Å². The van der Waals surface area contributed by atoms with Crippen LogP contribution in [0, 0.1) is 0 Å². The topological polar surface area (TPSA) is 84.9 Å². The van der Waals surface area contributed by atoms with Crippen molar-refractivity contribution in [2.45, 2.75) is 5.75 Å². The molecule has 0 spiro atoms. The van der Waals surface area contributed by atoms with Crippen molar-refractivity contribution < 1.29 is 22.7 Å². The minimum Gasteiger partial charge on any atom is -0.497 e. The third kappa shape index (κ3) is 7.68. The highest BCUT2D eigenvalue weighted by molar-refractivity contribution is 7.98. The van der Waals surface area contributed by atoms with Crippen molar-refractivity contribution in [1.29, 1.82) is 0 Å². The third-order valence-corrected chi connectivity index (χ3v) is 7.06. The summed E-state index contributed by atoms with van der Waals surface area (Å²) in [6.07, 6.45) is 1.04. The van der Waals surface area contributed by atoms with Crippen molar-refractivity contribution in [2.24, 2.45) is 0 Å². The number of carbonyl (C=O) groups excluding carboxylic acids is 1. The average Bonchev–Trinajstić information content (AvgIpc) is 2.73. The van der Waals surface area contributed by atoms with E-state index in [0.717, 1.165) is 16.1 Å². The Balaban J connectivity index is 1.92. The summed E-state index contributed by atoms with van der Waals surface area (Å²) in [5, 5.41) is 3.75. The number of halogens is 2. The zero-order chi connectivity index (χ0) is 23.0. The molecule has 170 valence electrons. The number of anilines is 1. The van der Waals surface area contributed by atoms with Gasteiger partial charge in [0.25, 0.3) is 0 Å². The first-order valence-corrected chi connectivity index (χ1v) is 12.9. The lowest BCUT2D eigenvalue weighted by atomic mass is 10.2. The summed E-state index contributed by atoms with van der Waals surface area (Å²) >= 11 is 13.5. The third-order valence-electron chi connectivity index (χ3n) is 4.16. The number of amides is 1. The Kier molecular flexibility index (Phi) is 9.61. The standard InChI is InChI=1S/C20H24Cl2N2O5S2/c1-28-15-5-7-18(19(11-15)29-2)24(31(3,26)27)12-20(25)23-8-9-30-13-14-4-6-16(21)17(22)10-14/h4-7,10-11H,8-9,12-13H2,1-3H3,(H,23,25). The monoisotopic (exact) mass is 506 g/mol. The van der Waals surface area contributed by atoms with Gasteiger partial charge in [-0.25, -0.2) is 8.42 Å². The van der Waals surface area contributed by atoms with E-state index in [9.17, 15) is 13.2 Å². The van der Waals surface area contributed by atoms with Crippen LogP contribution in [0.15, 0.2) is 36.4 Å². The number of hydrogen-bond donors (Lipinski definition) is 1. The molecule has 0 bridgehead atoms. The van der Waals surface area contributed by atoms with Crippen LogP contribution in [0.3, 0.4) is 0 Å². The van der Waals surface area contributed by atoms with E-state index in [1.54, 1.807) is 36.0 Å². The van der Waals surface area contributed by atoms with Crippen LogP contribution in [-0.2, 0) is 20.6 Å². The molecule has 0 radical (unpaired) electrons.